The summed E-state index contributed by atoms with van der Waals surface area (Å²) >= 11 is 0. The molecule has 2 saturated heterocycles. The Hall–Kier alpha value is -0.120. The third kappa shape index (κ3) is 1.38. The zero-order valence-corrected chi connectivity index (χ0v) is 8.68. The fourth-order valence-electron chi connectivity index (χ4n) is 2.93. The summed E-state index contributed by atoms with van der Waals surface area (Å²) in [6.45, 7) is 2.75. The Morgan fingerprint density at radius 2 is 1.93 bits per heavy atom. The fourth-order valence-corrected chi connectivity index (χ4v) is 2.93. The largest absolute Gasteiger partial charge is 0.377 e. The molecule has 2 spiro atoms. The lowest BCUT2D eigenvalue weighted by Gasteiger charge is -2.54. The molecule has 1 N–H and O–H groups in total. The van der Waals surface area contributed by atoms with Gasteiger partial charge in [-0.3, -0.25) is 5.32 Å². The fraction of sp³-hybridized carbons (Fsp3) is 1.00. The molecule has 3 fully saturated rings. The van der Waals surface area contributed by atoms with Crippen LogP contribution in [0.4, 0.5) is 0 Å². The average molecular weight is 197 g/mol. The molecule has 1 aliphatic carbocycles. The minimum atomic E-state index is -0.128. The first-order chi connectivity index (χ1) is 6.83. The second-order valence-electron chi connectivity index (χ2n) is 4.97. The summed E-state index contributed by atoms with van der Waals surface area (Å²) in [4.78, 5) is 0. The highest BCUT2D eigenvalue weighted by molar-refractivity contribution is 4.98. The molecule has 14 heavy (non-hydrogen) atoms. The van der Waals surface area contributed by atoms with Gasteiger partial charge >= 0.3 is 0 Å². The molecule has 1 atom stereocenters. The number of nitrogens with one attached hydrogen (secondary N) is 1. The van der Waals surface area contributed by atoms with E-state index in [1.807, 2.05) is 0 Å². The summed E-state index contributed by atoms with van der Waals surface area (Å²) in [7, 11) is 0. The molecule has 0 amide bonds. The number of ether oxygens (including phenoxy) is 2. The predicted molar refractivity (Wildman–Crippen MR) is 53.1 cm³/mol. The third-order valence-corrected chi connectivity index (χ3v) is 3.91. The van der Waals surface area contributed by atoms with Crippen molar-refractivity contribution in [3.05, 3.63) is 0 Å². The summed E-state index contributed by atoms with van der Waals surface area (Å²) in [5.74, 6) is 0. The molecule has 80 valence electrons. The van der Waals surface area contributed by atoms with Crippen LogP contribution in [0, 0.1) is 0 Å². The van der Waals surface area contributed by atoms with E-state index in [4.69, 9.17) is 9.47 Å². The molecule has 0 aromatic heterocycles. The lowest BCUT2D eigenvalue weighted by atomic mass is 9.76. The van der Waals surface area contributed by atoms with E-state index in [1.165, 1.54) is 25.7 Å². The summed E-state index contributed by atoms with van der Waals surface area (Å²) in [6, 6.07) is 0. The molecule has 0 aromatic carbocycles. The van der Waals surface area contributed by atoms with E-state index in [1.54, 1.807) is 0 Å². The molecule has 3 aliphatic rings. The van der Waals surface area contributed by atoms with E-state index in [2.05, 4.69) is 5.32 Å². The second-order valence-corrected chi connectivity index (χ2v) is 4.97. The van der Waals surface area contributed by atoms with Crippen molar-refractivity contribution in [2.75, 3.05) is 19.8 Å². The molecule has 0 bridgehead atoms. The van der Waals surface area contributed by atoms with E-state index in [9.17, 15) is 0 Å². The van der Waals surface area contributed by atoms with Crippen LogP contribution >= 0.6 is 0 Å². The van der Waals surface area contributed by atoms with E-state index in [0.717, 1.165) is 32.6 Å². The van der Waals surface area contributed by atoms with Crippen LogP contribution in [0.3, 0.4) is 0 Å². The van der Waals surface area contributed by atoms with Gasteiger partial charge in [-0.1, -0.05) is 0 Å². The molecule has 3 rings (SSSR count). The van der Waals surface area contributed by atoms with Crippen molar-refractivity contribution in [2.45, 2.75) is 49.9 Å². The molecular weight excluding hydrogens is 178 g/mol. The highest BCUT2D eigenvalue weighted by atomic mass is 16.6. The van der Waals surface area contributed by atoms with Gasteiger partial charge in [-0.15, -0.1) is 0 Å². The van der Waals surface area contributed by atoms with Gasteiger partial charge in [0.15, 0.2) is 0 Å². The highest BCUT2D eigenvalue weighted by Gasteiger charge is 2.49. The number of hydrogen-bond donors (Lipinski definition) is 1. The van der Waals surface area contributed by atoms with Crippen LogP contribution in [-0.4, -0.2) is 31.1 Å². The molecule has 0 aromatic rings. The zero-order chi connectivity index (χ0) is 9.49. The van der Waals surface area contributed by atoms with Crippen molar-refractivity contribution < 1.29 is 9.47 Å². The molecule has 2 heterocycles. The van der Waals surface area contributed by atoms with Crippen LogP contribution in [-0.2, 0) is 9.47 Å². The molecular formula is C11H19NO2. The van der Waals surface area contributed by atoms with Gasteiger partial charge in [0, 0.05) is 13.2 Å². The molecule has 1 unspecified atom stereocenters. The van der Waals surface area contributed by atoms with Gasteiger partial charge in [0.05, 0.1) is 12.2 Å². The maximum Gasteiger partial charge on any atom is 0.143 e. The predicted octanol–water partition coefficient (Wildman–Crippen LogP) is 1.43. The third-order valence-electron chi connectivity index (χ3n) is 3.91. The number of hydrogen-bond acceptors (Lipinski definition) is 3. The molecule has 1 saturated carbocycles. The van der Waals surface area contributed by atoms with Crippen LogP contribution in [0.25, 0.3) is 0 Å². The zero-order valence-electron chi connectivity index (χ0n) is 8.68. The minimum Gasteiger partial charge on any atom is -0.377 e. The highest BCUT2D eigenvalue weighted by Crippen LogP contribution is 2.44. The quantitative estimate of drug-likeness (QED) is 0.637. The van der Waals surface area contributed by atoms with E-state index in [-0.39, 0.29) is 11.3 Å². The van der Waals surface area contributed by atoms with Crippen molar-refractivity contribution in [1.29, 1.82) is 0 Å². The van der Waals surface area contributed by atoms with Gasteiger partial charge in [0.25, 0.3) is 0 Å². The van der Waals surface area contributed by atoms with Crippen molar-refractivity contribution >= 4 is 0 Å². The maximum absolute atomic E-state index is 6.30. The standard InChI is InChI=1S/C11H19NO2/c1-3-10(4-1)6-7-12-11(14-10)5-2-8-13-9-11/h12H,1-9H2. The SMILES string of the molecule is C1CC2(C1)CCNC1(CCCOC1)O2. The van der Waals surface area contributed by atoms with Crippen molar-refractivity contribution in [3.63, 3.8) is 0 Å². The van der Waals surface area contributed by atoms with Crippen molar-refractivity contribution in [1.82, 2.24) is 5.32 Å². The second kappa shape index (κ2) is 3.19. The first kappa shape index (κ1) is 9.13. The summed E-state index contributed by atoms with van der Waals surface area (Å²) in [5, 5.41) is 3.51. The lowest BCUT2D eigenvalue weighted by molar-refractivity contribution is -0.261. The molecule has 3 nitrogen and oxygen atoms in total. The Bertz CT molecular complexity index is 214. The smallest absolute Gasteiger partial charge is 0.143 e. The monoisotopic (exact) mass is 197 g/mol. The first-order valence-corrected chi connectivity index (χ1v) is 5.86. The van der Waals surface area contributed by atoms with E-state index >= 15 is 0 Å². The van der Waals surface area contributed by atoms with Gasteiger partial charge in [-0.2, -0.15) is 0 Å². The van der Waals surface area contributed by atoms with Gasteiger partial charge in [-0.25, -0.2) is 0 Å². The Balaban J connectivity index is 1.73. The van der Waals surface area contributed by atoms with E-state index < -0.39 is 0 Å². The van der Waals surface area contributed by atoms with Gasteiger partial charge in [-0.05, 0) is 38.5 Å². The topological polar surface area (TPSA) is 30.5 Å². The average Bonchev–Trinajstić information content (AvgIpc) is 2.17. The van der Waals surface area contributed by atoms with Crippen LogP contribution in [0.5, 0.6) is 0 Å². The summed E-state index contributed by atoms with van der Waals surface area (Å²) in [5.41, 5.74) is 0.100. The lowest BCUT2D eigenvalue weighted by Crippen LogP contribution is -2.64. The van der Waals surface area contributed by atoms with Crippen molar-refractivity contribution in [2.24, 2.45) is 0 Å². The van der Waals surface area contributed by atoms with Crippen molar-refractivity contribution in [3.8, 4) is 0 Å². The van der Waals surface area contributed by atoms with E-state index in [0.29, 0.717) is 0 Å². The summed E-state index contributed by atoms with van der Waals surface area (Å²) in [6.07, 6.45) is 7.30. The van der Waals surface area contributed by atoms with Gasteiger partial charge in [0.1, 0.15) is 5.72 Å². The Morgan fingerprint density at radius 3 is 2.57 bits per heavy atom. The Labute approximate surface area is 85.1 Å². The molecule has 3 heteroatoms. The molecule has 0 radical (unpaired) electrons. The molecule has 2 aliphatic heterocycles. The van der Waals surface area contributed by atoms with Gasteiger partial charge in [0.2, 0.25) is 0 Å². The Kier molecular flexibility index (Phi) is 2.08. The Morgan fingerprint density at radius 1 is 1.00 bits per heavy atom. The minimum absolute atomic E-state index is 0.128. The van der Waals surface area contributed by atoms with Crippen LogP contribution in [0.2, 0.25) is 0 Å². The van der Waals surface area contributed by atoms with Crippen LogP contribution in [0.15, 0.2) is 0 Å². The summed E-state index contributed by atoms with van der Waals surface area (Å²) < 4.78 is 11.8. The normalized spacial score (nSPS) is 41.1. The van der Waals surface area contributed by atoms with Crippen LogP contribution in [0.1, 0.15) is 38.5 Å². The first-order valence-electron chi connectivity index (χ1n) is 5.86. The van der Waals surface area contributed by atoms with Crippen LogP contribution < -0.4 is 5.32 Å². The maximum atomic E-state index is 6.30. The number of rotatable bonds is 0. The van der Waals surface area contributed by atoms with Gasteiger partial charge < -0.3 is 9.47 Å².